The van der Waals surface area contributed by atoms with Crippen LogP contribution < -0.4 is 0 Å². The summed E-state index contributed by atoms with van der Waals surface area (Å²) in [5.41, 5.74) is 0.330. The van der Waals surface area contributed by atoms with E-state index >= 15 is 0 Å². The van der Waals surface area contributed by atoms with Crippen LogP contribution in [0.2, 0.25) is 0 Å². The lowest BCUT2D eigenvalue weighted by molar-refractivity contribution is 0.0597. The number of esters is 1. The van der Waals surface area contributed by atoms with Crippen molar-refractivity contribution in [2.24, 2.45) is 0 Å². The van der Waals surface area contributed by atoms with Crippen molar-refractivity contribution in [1.82, 2.24) is 0 Å². The highest BCUT2D eigenvalue weighted by atomic mass is 16.5. The van der Waals surface area contributed by atoms with Gasteiger partial charge in [0.05, 0.1) is 7.11 Å². The number of hydrogen-bond acceptors (Lipinski definition) is 4. The van der Waals surface area contributed by atoms with Gasteiger partial charge in [-0.05, 0) is 11.5 Å². The second-order valence-electron chi connectivity index (χ2n) is 4.63. The molecule has 16 heavy (non-hydrogen) atoms. The molecule has 2 N–H and O–H groups in total. The van der Waals surface area contributed by atoms with Crippen molar-refractivity contribution in [3.05, 3.63) is 23.3 Å². The molecule has 0 aliphatic carbocycles. The highest BCUT2D eigenvalue weighted by Gasteiger charge is 2.22. The van der Waals surface area contributed by atoms with Gasteiger partial charge < -0.3 is 14.9 Å². The van der Waals surface area contributed by atoms with E-state index in [-0.39, 0.29) is 22.5 Å². The van der Waals surface area contributed by atoms with Crippen LogP contribution in [0.15, 0.2) is 12.1 Å². The van der Waals surface area contributed by atoms with E-state index in [0.29, 0.717) is 5.56 Å². The van der Waals surface area contributed by atoms with E-state index in [9.17, 15) is 15.0 Å². The SMILES string of the molecule is COC(=O)c1cc(C(C)(C)C)c(O)cc1O. The van der Waals surface area contributed by atoms with Crippen LogP contribution in [0.4, 0.5) is 0 Å². The number of benzene rings is 1. The second kappa shape index (κ2) is 4.04. The van der Waals surface area contributed by atoms with Gasteiger partial charge >= 0.3 is 5.97 Å². The van der Waals surface area contributed by atoms with Gasteiger partial charge in [0.2, 0.25) is 0 Å². The van der Waals surface area contributed by atoms with Gasteiger partial charge in [0.25, 0.3) is 0 Å². The summed E-state index contributed by atoms with van der Waals surface area (Å²) >= 11 is 0. The van der Waals surface area contributed by atoms with Gasteiger partial charge in [0, 0.05) is 11.6 Å². The maximum absolute atomic E-state index is 11.4. The third kappa shape index (κ3) is 2.27. The minimum Gasteiger partial charge on any atom is -0.508 e. The molecule has 4 heteroatoms. The number of ether oxygens (including phenoxy) is 1. The maximum atomic E-state index is 11.4. The highest BCUT2D eigenvalue weighted by molar-refractivity contribution is 5.93. The Morgan fingerprint density at radius 3 is 2.19 bits per heavy atom. The predicted molar refractivity (Wildman–Crippen MR) is 59.8 cm³/mol. The molecule has 0 unspecified atom stereocenters. The molecule has 1 aromatic carbocycles. The molecule has 0 heterocycles. The van der Waals surface area contributed by atoms with Crippen molar-refractivity contribution in [2.45, 2.75) is 26.2 Å². The molecule has 0 spiro atoms. The summed E-state index contributed by atoms with van der Waals surface area (Å²) in [7, 11) is 1.24. The van der Waals surface area contributed by atoms with Crippen molar-refractivity contribution in [2.75, 3.05) is 7.11 Å². The Morgan fingerprint density at radius 2 is 1.75 bits per heavy atom. The molecule has 0 saturated heterocycles. The Kier molecular flexibility index (Phi) is 3.12. The van der Waals surface area contributed by atoms with Gasteiger partial charge in [0.1, 0.15) is 17.1 Å². The Balaban J connectivity index is 3.39. The van der Waals surface area contributed by atoms with Crippen LogP contribution in [0, 0.1) is 0 Å². The standard InChI is InChI=1S/C12H16O4/c1-12(2,3)8-5-7(11(15)16-4)9(13)6-10(8)14/h5-6,13-14H,1-4H3. The Bertz CT molecular complexity index is 416. The first kappa shape index (κ1) is 12.4. The van der Waals surface area contributed by atoms with Crippen molar-refractivity contribution in [3.63, 3.8) is 0 Å². The first-order valence-corrected chi connectivity index (χ1v) is 4.92. The van der Waals surface area contributed by atoms with Crippen molar-refractivity contribution >= 4 is 5.97 Å². The third-order valence-corrected chi connectivity index (χ3v) is 2.33. The summed E-state index contributed by atoms with van der Waals surface area (Å²) in [6.07, 6.45) is 0. The van der Waals surface area contributed by atoms with Gasteiger partial charge in [-0.3, -0.25) is 0 Å². The van der Waals surface area contributed by atoms with E-state index in [2.05, 4.69) is 4.74 Å². The second-order valence-corrected chi connectivity index (χ2v) is 4.63. The molecule has 0 fully saturated rings. The zero-order chi connectivity index (χ0) is 12.5. The molecule has 0 amide bonds. The van der Waals surface area contributed by atoms with E-state index in [4.69, 9.17) is 0 Å². The third-order valence-electron chi connectivity index (χ3n) is 2.33. The molecule has 0 aromatic heterocycles. The van der Waals surface area contributed by atoms with Gasteiger partial charge in [0.15, 0.2) is 0 Å². The van der Waals surface area contributed by atoms with Gasteiger partial charge in [-0.15, -0.1) is 0 Å². The van der Waals surface area contributed by atoms with Crippen LogP contribution in [0.5, 0.6) is 11.5 Å². The smallest absolute Gasteiger partial charge is 0.341 e. The van der Waals surface area contributed by atoms with E-state index in [1.165, 1.54) is 13.2 Å². The fourth-order valence-electron chi connectivity index (χ4n) is 1.45. The fraction of sp³-hybridized carbons (Fsp3) is 0.417. The summed E-state index contributed by atoms with van der Waals surface area (Å²) < 4.78 is 4.54. The largest absolute Gasteiger partial charge is 0.508 e. The van der Waals surface area contributed by atoms with Crippen LogP contribution in [0.3, 0.4) is 0 Å². The Labute approximate surface area is 94.5 Å². The Morgan fingerprint density at radius 1 is 1.19 bits per heavy atom. The van der Waals surface area contributed by atoms with E-state index in [1.807, 2.05) is 20.8 Å². The summed E-state index contributed by atoms with van der Waals surface area (Å²) in [6.45, 7) is 5.71. The average Bonchev–Trinajstić information content (AvgIpc) is 2.14. The van der Waals surface area contributed by atoms with Crippen molar-refractivity contribution in [1.29, 1.82) is 0 Å². The number of phenols is 2. The lowest BCUT2D eigenvalue weighted by Crippen LogP contribution is -2.13. The molecule has 0 aliphatic heterocycles. The number of hydrogen-bond donors (Lipinski definition) is 2. The summed E-state index contributed by atoms with van der Waals surface area (Å²) in [4.78, 5) is 11.4. The van der Waals surface area contributed by atoms with Gasteiger partial charge in [-0.25, -0.2) is 4.79 Å². The normalized spacial score (nSPS) is 11.2. The number of methoxy groups -OCH3 is 1. The lowest BCUT2D eigenvalue weighted by atomic mass is 9.85. The number of rotatable bonds is 1. The minimum atomic E-state index is -0.622. The predicted octanol–water partition coefficient (Wildman–Crippen LogP) is 2.18. The zero-order valence-corrected chi connectivity index (χ0v) is 9.87. The van der Waals surface area contributed by atoms with Crippen LogP contribution in [0.1, 0.15) is 36.7 Å². The molecular weight excluding hydrogens is 208 g/mol. The number of phenolic OH excluding ortho intramolecular Hbond substituents is 2. The maximum Gasteiger partial charge on any atom is 0.341 e. The minimum absolute atomic E-state index is 0.0300. The average molecular weight is 224 g/mol. The van der Waals surface area contributed by atoms with Crippen LogP contribution in [-0.2, 0) is 10.2 Å². The van der Waals surface area contributed by atoms with Gasteiger partial charge in [-0.2, -0.15) is 0 Å². The van der Waals surface area contributed by atoms with Crippen LogP contribution in [-0.4, -0.2) is 23.3 Å². The van der Waals surface area contributed by atoms with Crippen LogP contribution >= 0.6 is 0 Å². The first-order valence-electron chi connectivity index (χ1n) is 4.92. The van der Waals surface area contributed by atoms with E-state index in [0.717, 1.165) is 6.07 Å². The summed E-state index contributed by atoms with van der Waals surface area (Å²) in [6, 6.07) is 2.61. The molecule has 0 radical (unpaired) electrons. The first-order chi connectivity index (χ1) is 7.27. The number of carbonyl (C=O) groups excluding carboxylic acids is 1. The summed E-state index contributed by atoms with van der Waals surface area (Å²) in [5.74, 6) is -0.932. The zero-order valence-electron chi connectivity index (χ0n) is 9.87. The quantitative estimate of drug-likeness (QED) is 0.717. The van der Waals surface area contributed by atoms with E-state index in [1.54, 1.807) is 0 Å². The lowest BCUT2D eigenvalue weighted by Gasteiger charge is -2.21. The number of aromatic hydroxyl groups is 2. The molecule has 0 aliphatic rings. The topological polar surface area (TPSA) is 66.8 Å². The Hall–Kier alpha value is -1.71. The fourth-order valence-corrected chi connectivity index (χ4v) is 1.45. The number of carbonyl (C=O) groups is 1. The molecule has 88 valence electrons. The van der Waals surface area contributed by atoms with Gasteiger partial charge in [-0.1, -0.05) is 20.8 Å². The van der Waals surface area contributed by atoms with Crippen molar-refractivity contribution in [3.8, 4) is 11.5 Å². The molecule has 0 saturated carbocycles. The molecule has 4 nitrogen and oxygen atoms in total. The monoisotopic (exact) mass is 224 g/mol. The molecule has 1 aromatic rings. The van der Waals surface area contributed by atoms with Crippen LogP contribution in [0.25, 0.3) is 0 Å². The van der Waals surface area contributed by atoms with E-state index < -0.39 is 5.97 Å². The molecule has 0 atom stereocenters. The molecule has 1 rings (SSSR count). The molecule has 0 bridgehead atoms. The van der Waals surface area contributed by atoms with Crippen molar-refractivity contribution < 1.29 is 19.7 Å². The highest BCUT2D eigenvalue weighted by Crippen LogP contribution is 2.35. The summed E-state index contributed by atoms with van der Waals surface area (Å²) in [5, 5.41) is 19.2. The molecular formula is C12H16O4.